The molecule has 5 rings (SSSR count). The van der Waals surface area contributed by atoms with Gasteiger partial charge in [-0.2, -0.15) is 9.97 Å². The number of benzene rings is 1. The number of carbonyl (C=O) groups is 2. The molecule has 0 saturated carbocycles. The maximum Gasteiger partial charge on any atom is 0.229 e. The van der Waals surface area contributed by atoms with E-state index in [0.29, 0.717) is 48.1 Å². The van der Waals surface area contributed by atoms with Crippen molar-refractivity contribution in [3.8, 4) is 0 Å². The zero-order chi connectivity index (χ0) is 24.4. The van der Waals surface area contributed by atoms with Crippen LogP contribution in [0.15, 0.2) is 30.6 Å². The highest BCUT2D eigenvalue weighted by Crippen LogP contribution is 2.29. The fourth-order valence-corrected chi connectivity index (χ4v) is 4.75. The first kappa shape index (κ1) is 23.0. The maximum absolute atomic E-state index is 12.0. The lowest BCUT2D eigenvalue weighted by Gasteiger charge is -2.23. The van der Waals surface area contributed by atoms with Crippen LogP contribution in [-0.2, 0) is 16.1 Å². The normalized spacial score (nSPS) is 18.0. The SMILES string of the molecule is CC(=O)Nc1ccc(Nc2nc(N3CCCC3CO)nc3c2ncn3CCN2CCCC2=O)cc1. The monoisotopic (exact) mass is 478 g/mol. The largest absolute Gasteiger partial charge is 0.394 e. The van der Waals surface area contributed by atoms with Gasteiger partial charge >= 0.3 is 0 Å². The Labute approximate surface area is 203 Å². The van der Waals surface area contributed by atoms with Gasteiger partial charge in [0.1, 0.15) is 0 Å². The molecule has 11 heteroatoms. The van der Waals surface area contributed by atoms with E-state index >= 15 is 0 Å². The van der Waals surface area contributed by atoms with E-state index in [1.807, 2.05) is 38.6 Å². The maximum atomic E-state index is 12.0. The third-order valence-corrected chi connectivity index (χ3v) is 6.55. The summed E-state index contributed by atoms with van der Waals surface area (Å²) in [5, 5.41) is 16.0. The number of hydrogen-bond donors (Lipinski definition) is 3. The highest BCUT2D eigenvalue weighted by Gasteiger charge is 2.28. The molecule has 184 valence electrons. The number of rotatable bonds is 8. The zero-order valence-electron chi connectivity index (χ0n) is 19.8. The van der Waals surface area contributed by atoms with Crippen molar-refractivity contribution in [2.24, 2.45) is 0 Å². The van der Waals surface area contributed by atoms with Crippen LogP contribution in [0, 0.1) is 0 Å². The predicted octanol–water partition coefficient (Wildman–Crippen LogP) is 2.11. The molecule has 2 aliphatic heterocycles. The molecule has 2 aliphatic rings. The zero-order valence-corrected chi connectivity index (χ0v) is 19.8. The van der Waals surface area contributed by atoms with Gasteiger partial charge in [0.15, 0.2) is 17.0 Å². The molecule has 0 aliphatic carbocycles. The molecule has 1 atom stereocenters. The van der Waals surface area contributed by atoms with Crippen LogP contribution in [0.5, 0.6) is 0 Å². The lowest BCUT2D eigenvalue weighted by atomic mass is 10.2. The lowest BCUT2D eigenvalue weighted by molar-refractivity contribution is -0.127. The Hall–Kier alpha value is -3.73. The summed E-state index contributed by atoms with van der Waals surface area (Å²) < 4.78 is 1.96. The first-order valence-electron chi connectivity index (χ1n) is 12.0. The van der Waals surface area contributed by atoms with Crippen molar-refractivity contribution >= 4 is 46.1 Å². The molecule has 2 aromatic heterocycles. The number of aliphatic hydroxyl groups is 1. The number of fused-ring (bicyclic) bond motifs is 1. The van der Waals surface area contributed by atoms with E-state index in [-0.39, 0.29) is 24.5 Å². The molecule has 11 nitrogen and oxygen atoms in total. The summed E-state index contributed by atoms with van der Waals surface area (Å²) in [6.45, 7) is 4.29. The fourth-order valence-electron chi connectivity index (χ4n) is 4.75. The summed E-state index contributed by atoms with van der Waals surface area (Å²) in [4.78, 5) is 41.5. The molecule has 2 saturated heterocycles. The summed E-state index contributed by atoms with van der Waals surface area (Å²) in [6, 6.07) is 7.34. The molecule has 35 heavy (non-hydrogen) atoms. The van der Waals surface area contributed by atoms with Crippen molar-refractivity contribution in [2.45, 2.75) is 45.2 Å². The van der Waals surface area contributed by atoms with Gasteiger partial charge in [-0.15, -0.1) is 0 Å². The van der Waals surface area contributed by atoms with Crippen molar-refractivity contribution in [3.05, 3.63) is 30.6 Å². The quantitative estimate of drug-likeness (QED) is 0.449. The molecular formula is C24H30N8O3. The number of hydrogen-bond acceptors (Lipinski definition) is 8. The van der Waals surface area contributed by atoms with E-state index in [1.54, 1.807) is 6.33 Å². The van der Waals surface area contributed by atoms with Crippen molar-refractivity contribution in [2.75, 3.05) is 41.8 Å². The minimum Gasteiger partial charge on any atom is -0.394 e. The van der Waals surface area contributed by atoms with E-state index in [0.717, 1.165) is 38.0 Å². The number of nitrogens with zero attached hydrogens (tertiary/aromatic N) is 6. The average molecular weight is 479 g/mol. The number of aliphatic hydroxyl groups excluding tert-OH is 1. The third-order valence-electron chi connectivity index (χ3n) is 6.55. The molecule has 1 unspecified atom stereocenters. The van der Waals surface area contributed by atoms with Crippen LogP contribution in [0.3, 0.4) is 0 Å². The molecule has 0 bridgehead atoms. The van der Waals surface area contributed by atoms with Crippen LogP contribution < -0.4 is 15.5 Å². The topological polar surface area (TPSA) is 129 Å². The minimum absolute atomic E-state index is 0.0177. The van der Waals surface area contributed by atoms with E-state index in [2.05, 4.69) is 15.6 Å². The number of amides is 2. The number of nitrogens with one attached hydrogen (secondary N) is 2. The number of carbonyl (C=O) groups excluding carboxylic acids is 2. The predicted molar refractivity (Wildman–Crippen MR) is 133 cm³/mol. The third kappa shape index (κ3) is 4.90. The van der Waals surface area contributed by atoms with Crippen LogP contribution in [-0.4, -0.2) is 73.6 Å². The van der Waals surface area contributed by atoms with Gasteiger partial charge in [0.05, 0.1) is 19.0 Å². The number of aromatic nitrogens is 4. The molecule has 2 fully saturated rings. The highest BCUT2D eigenvalue weighted by molar-refractivity contribution is 5.89. The smallest absolute Gasteiger partial charge is 0.229 e. The molecule has 2 amide bonds. The second kappa shape index (κ2) is 9.87. The fraction of sp³-hybridized carbons (Fsp3) is 0.458. The van der Waals surface area contributed by atoms with Crippen LogP contribution in [0.1, 0.15) is 32.6 Å². The number of imidazole rings is 1. The van der Waals surface area contributed by atoms with Crippen LogP contribution >= 0.6 is 0 Å². The Kier molecular flexibility index (Phi) is 6.49. The van der Waals surface area contributed by atoms with Gasteiger partial charge in [-0.3, -0.25) is 9.59 Å². The average Bonchev–Trinajstić information content (AvgIpc) is 3.58. The first-order valence-corrected chi connectivity index (χ1v) is 12.0. The molecule has 0 spiro atoms. The van der Waals surface area contributed by atoms with Gasteiger partial charge < -0.3 is 30.1 Å². The summed E-state index contributed by atoms with van der Waals surface area (Å²) >= 11 is 0. The Bertz CT molecular complexity index is 1230. The number of anilines is 4. The Morgan fingerprint density at radius 3 is 2.63 bits per heavy atom. The van der Waals surface area contributed by atoms with E-state index in [1.165, 1.54) is 6.92 Å². The van der Waals surface area contributed by atoms with E-state index in [4.69, 9.17) is 9.97 Å². The van der Waals surface area contributed by atoms with E-state index in [9.17, 15) is 14.7 Å². The van der Waals surface area contributed by atoms with E-state index < -0.39 is 0 Å². The van der Waals surface area contributed by atoms with Gasteiger partial charge in [0, 0.05) is 50.9 Å². The number of likely N-dealkylation sites (tertiary alicyclic amines) is 1. The van der Waals surface area contributed by atoms with Gasteiger partial charge in [-0.25, -0.2) is 4.98 Å². The minimum atomic E-state index is -0.127. The summed E-state index contributed by atoms with van der Waals surface area (Å²) in [5.74, 6) is 1.18. The Balaban J connectivity index is 1.47. The summed E-state index contributed by atoms with van der Waals surface area (Å²) in [7, 11) is 0. The summed E-state index contributed by atoms with van der Waals surface area (Å²) in [5.41, 5.74) is 2.82. The van der Waals surface area contributed by atoms with Crippen molar-refractivity contribution in [1.82, 2.24) is 24.4 Å². The van der Waals surface area contributed by atoms with Crippen molar-refractivity contribution in [1.29, 1.82) is 0 Å². The first-order chi connectivity index (χ1) is 17.0. The second-order valence-corrected chi connectivity index (χ2v) is 9.02. The van der Waals surface area contributed by atoms with Crippen LogP contribution in [0.25, 0.3) is 11.2 Å². The second-order valence-electron chi connectivity index (χ2n) is 9.02. The van der Waals surface area contributed by atoms with Crippen molar-refractivity contribution in [3.63, 3.8) is 0 Å². The highest BCUT2D eigenvalue weighted by atomic mass is 16.3. The Morgan fingerprint density at radius 1 is 1.11 bits per heavy atom. The van der Waals surface area contributed by atoms with Crippen molar-refractivity contribution < 1.29 is 14.7 Å². The van der Waals surface area contributed by atoms with Gasteiger partial charge in [0.25, 0.3) is 0 Å². The molecule has 1 aromatic carbocycles. The standard InChI is InChI=1S/C24H30N8O3/c1-16(34)26-17-6-8-18(9-7-17)27-22-21-23(29-24(28-22)32-11-2-4-19(32)14-33)31(15-25-21)13-12-30-10-3-5-20(30)35/h6-9,15,19,33H,2-5,10-14H2,1H3,(H,26,34)(H,27,28,29). The summed E-state index contributed by atoms with van der Waals surface area (Å²) in [6.07, 6.45) is 5.12. The molecule has 3 aromatic rings. The van der Waals surface area contributed by atoms with Crippen LogP contribution in [0.2, 0.25) is 0 Å². The lowest BCUT2D eigenvalue weighted by Crippen LogP contribution is -2.33. The molecule has 0 radical (unpaired) electrons. The van der Waals surface area contributed by atoms with Gasteiger partial charge in [-0.1, -0.05) is 0 Å². The van der Waals surface area contributed by atoms with Gasteiger partial charge in [-0.05, 0) is 43.5 Å². The Morgan fingerprint density at radius 2 is 1.91 bits per heavy atom. The van der Waals surface area contributed by atoms with Gasteiger partial charge in [0.2, 0.25) is 17.8 Å². The molecular weight excluding hydrogens is 448 g/mol. The molecule has 3 N–H and O–H groups in total. The van der Waals surface area contributed by atoms with Crippen LogP contribution in [0.4, 0.5) is 23.1 Å². The molecule has 4 heterocycles.